The molecule has 1 aromatic heterocycles. The van der Waals surface area contributed by atoms with Crippen molar-refractivity contribution < 1.29 is 9.50 Å². The number of nitrogens with one attached hydrogen (secondary N) is 2. The Kier molecular flexibility index (Phi) is 4.83. The average Bonchev–Trinajstić information content (AvgIpc) is 2.48. The Hall–Kier alpha value is -2.95. The largest absolute Gasteiger partial charge is 0.508 e. The first-order chi connectivity index (χ1) is 11.2. The molecule has 126 valence electrons. The third-order valence-corrected chi connectivity index (χ3v) is 2.95. The summed E-state index contributed by atoms with van der Waals surface area (Å²) >= 11 is 0. The lowest BCUT2D eigenvalue weighted by molar-refractivity contribution is 0.473. The van der Waals surface area contributed by atoms with Gasteiger partial charge >= 0.3 is 0 Å². The lowest BCUT2D eigenvalue weighted by Crippen LogP contribution is -2.30. The molecular formula is C16H19FN6O. The van der Waals surface area contributed by atoms with E-state index in [1.165, 1.54) is 12.1 Å². The van der Waals surface area contributed by atoms with Crippen LogP contribution in [0.2, 0.25) is 0 Å². The monoisotopic (exact) mass is 330 g/mol. The Morgan fingerprint density at radius 1 is 1.21 bits per heavy atom. The Morgan fingerprint density at radius 3 is 2.50 bits per heavy atom. The van der Waals surface area contributed by atoms with Crippen LogP contribution in [0, 0.1) is 17.1 Å². The van der Waals surface area contributed by atoms with Gasteiger partial charge in [-0.15, -0.1) is 0 Å². The highest BCUT2D eigenvalue weighted by molar-refractivity contribution is 5.61. The lowest BCUT2D eigenvalue weighted by atomic mass is 10.1. The molecule has 0 saturated heterocycles. The number of rotatable bonds is 5. The summed E-state index contributed by atoms with van der Waals surface area (Å²) in [5.41, 5.74) is -0.868. The number of nitriles is 1. The SMILES string of the molecule is CC(C)Nc1nc(NC(C)(C)C#N)nc(-c2cc(O)ccc2F)n1. The van der Waals surface area contributed by atoms with E-state index in [-0.39, 0.29) is 35.1 Å². The lowest BCUT2D eigenvalue weighted by Gasteiger charge is -2.19. The Labute approximate surface area is 139 Å². The van der Waals surface area contributed by atoms with Crippen LogP contribution in [0.15, 0.2) is 18.2 Å². The zero-order chi connectivity index (χ0) is 17.9. The van der Waals surface area contributed by atoms with E-state index in [0.29, 0.717) is 0 Å². The van der Waals surface area contributed by atoms with Crippen LogP contribution in [-0.2, 0) is 0 Å². The fraction of sp³-hybridized carbons (Fsp3) is 0.375. The van der Waals surface area contributed by atoms with Gasteiger partial charge in [-0.3, -0.25) is 0 Å². The van der Waals surface area contributed by atoms with E-state index in [1.807, 2.05) is 13.8 Å². The number of halogens is 1. The standard InChI is InChI=1S/C16H19FN6O/c1-9(2)19-14-20-13(11-7-10(24)5-6-12(11)17)21-15(22-14)23-16(3,4)8-18/h5-7,9,24H,1-4H3,(H2,19,20,21,22,23). The molecule has 0 atom stereocenters. The molecular weight excluding hydrogens is 311 g/mol. The third-order valence-electron chi connectivity index (χ3n) is 2.95. The van der Waals surface area contributed by atoms with E-state index in [9.17, 15) is 9.50 Å². The molecule has 24 heavy (non-hydrogen) atoms. The van der Waals surface area contributed by atoms with E-state index in [0.717, 1.165) is 6.07 Å². The van der Waals surface area contributed by atoms with E-state index in [2.05, 4.69) is 31.7 Å². The summed E-state index contributed by atoms with van der Waals surface area (Å²) in [6, 6.07) is 5.75. The van der Waals surface area contributed by atoms with Gasteiger partial charge in [0.05, 0.1) is 11.6 Å². The number of phenols is 1. The third kappa shape index (κ3) is 4.29. The maximum Gasteiger partial charge on any atom is 0.229 e. The van der Waals surface area contributed by atoms with Crippen LogP contribution in [-0.4, -0.2) is 31.6 Å². The number of aromatic hydroxyl groups is 1. The van der Waals surface area contributed by atoms with Crippen LogP contribution in [0.4, 0.5) is 16.3 Å². The molecule has 0 aliphatic heterocycles. The summed E-state index contributed by atoms with van der Waals surface area (Å²) in [5.74, 6) is -0.235. The molecule has 0 saturated carbocycles. The van der Waals surface area contributed by atoms with Crippen LogP contribution in [0.1, 0.15) is 27.7 Å². The van der Waals surface area contributed by atoms with Gasteiger partial charge in [0.25, 0.3) is 0 Å². The fourth-order valence-corrected chi connectivity index (χ4v) is 1.87. The van der Waals surface area contributed by atoms with Crippen molar-refractivity contribution in [3.63, 3.8) is 0 Å². The number of benzene rings is 1. The van der Waals surface area contributed by atoms with E-state index < -0.39 is 11.4 Å². The molecule has 8 heteroatoms. The Balaban J connectivity index is 2.54. The number of hydrogen-bond acceptors (Lipinski definition) is 7. The predicted molar refractivity (Wildman–Crippen MR) is 89.0 cm³/mol. The van der Waals surface area contributed by atoms with Gasteiger partial charge in [0.15, 0.2) is 5.82 Å². The van der Waals surface area contributed by atoms with Gasteiger partial charge in [-0.2, -0.15) is 20.2 Å². The van der Waals surface area contributed by atoms with Crippen molar-refractivity contribution in [3.05, 3.63) is 24.0 Å². The number of aromatic nitrogens is 3. The van der Waals surface area contributed by atoms with Gasteiger partial charge in [0.2, 0.25) is 11.9 Å². The summed E-state index contributed by atoms with van der Waals surface area (Å²) < 4.78 is 14.1. The second-order valence-electron chi connectivity index (χ2n) is 6.13. The smallest absolute Gasteiger partial charge is 0.229 e. The van der Waals surface area contributed by atoms with Crippen LogP contribution < -0.4 is 10.6 Å². The zero-order valence-electron chi connectivity index (χ0n) is 13.9. The molecule has 0 amide bonds. The van der Waals surface area contributed by atoms with Crippen molar-refractivity contribution >= 4 is 11.9 Å². The number of nitrogens with zero attached hydrogens (tertiary/aromatic N) is 4. The van der Waals surface area contributed by atoms with Gasteiger partial charge in [0.1, 0.15) is 17.1 Å². The molecule has 0 bridgehead atoms. The molecule has 7 nitrogen and oxygen atoms in total. The van der Waals surface area contributed by atoms with Crippen molar-refractivity contribution in [2.24, 2.45) is 0 Å². The van der Waals surface area contributed by atoms with Gasteiger partial charge in [-0.05, 0) is 45.9 Å². The Bertz CT molecular complexity index is 785. The van der Waals surface area contributed by atoms with Crippen molar-refractivity contribution in [3.8, 4) is 23.2 Å². The van der Waals surface area contributed by atoms with Crippen molar-refractivity contribution in [1.29, 1.82) is 5.26 Å². The molecule has 3 N–H and O–H groups in total. The minimum absolute atomic E-state index is 0.0435. The summed E-state index contributed by atoms with van der Waals surface area (Å²) in [6.45, 7) is 7.15. The fourth-order valence-electron chi connectivity index (χ4n) is 1.87. The molecule has 0 unspecified atom stereocenters. The summed E-state index contributed by atoms with van der Waals surface area (Å²) in [7, 11) is 0. The second kappa shape index (κ2) is 6.66. The van der Waals surface area contributed by atoms with Gasteiger partial charge in [-0.25, -0.2) is 4.39 Å². The Morgan fingerprint density at radius 2 is 1.88 bits per heavy atom. The predicted octanol–water partition coefficient (Wildman–Crippen LogP) is 2.92. The minimum atomic E-state index is -0.912. The van der Waals surface area contributed by atoms with Crippen LogP contribution >= 0.6 is 0 Å². The second-order valence-corrected chi connectivity index (χ2v) is 6.13. The maximum atomic E-state index is 14.1. The number of hydrogen-bond donors (Lipinski definition) is 3. The minimum Gasteiger partial charge on any atom is -0.508 e. The average molecular weight is 330 g/mol. The first-order valence-electron chi connectivity index (χ1n) is 7.41. The highest BCUT2D eigenvalue weighted by Gasteiger charge is 2.20. The molecule has 0 aliphatic rings. The van der Waals surface area contributed by atoms with Gasteiger partial charge in [-0.1, -0.05) is 0 Å². The molecule has 0 aliphatic carbocycles. The normalized spacial score (nSPS) is 11.2. The first kappa shape index (κ1) is 17.4. The molecule has 2 aromatic rings. The van der Waals surface area contributed by atoms with E-state index >= 15 is 0 Å². The summed E-state index contributed by atoms with van der Waals surface area (Å²) in [6.07, 6.45) is 0. The maximum absolute atomic E-state index is 14.1. The number of phenolic OH excluding ortho intramolecular Hbond substituents is 1. The van der Waals surface area contributed by atoms with Crippen LogP contribution in [0.25, 0.3) is 11.4 Å². The quantitative estimate of drug-likeness (QED) is 0.773. The van der Waals surface area contributed by atoms with Gasteiger partial charge < -0.3 is 15.7 Å². The van der Waals surface area contributed by atoms with Crippen molar-refractivity contribution in [2.75, 3.05) is 10.6 Å². The highest BCUT2D eigenvalue weighted by atomic mass is 19.1. The van der Waals surface area contributed by atoms with Crippen LogP contribution in [0.5, 0.6) is 5.75 Å². The summed E-state index contributed by atoms with van der Waals surface area (Å²) in [4.78, 5) is 12.6. The first-order valence-corrected chi connectivity index (χ1v) is 7.41. The highest BCUT2D eigenvalue weighted by Crippen LogP contribution is 2.26. The molecule has 1 heterocycles. The van der Waals surface area contributed by atoms with E-state index in [4.69, 9.17) is 5.26 Å². The van der Waals surface area contributed by atoms with Gasteiger partial charge in [0, 0.05) is 6.04 Å². The molecule has 0 radical (unpaired) electrons. The topological polar surface area (TPSA) is 107 Å². The van der Waals surface area contributed by atoms with Crippen molar-refractivity contribution in [1.82, 2.24) is 15.0 Å². The molecule has 0 fully saturated rings. The molecule has 2 rings (SSSR count). The zero-order valence-corrected chi connectivity index (χ0v) is 13.9. The summed E-state index contributed by atoms with van der Waals surface area (Å²) in [5, 5.41) is 24.6. The van der Waals surface area contributed by atoms with Crippen molar-refractivity contribution in [2.45, 2.75) is 39.3 Å². The van der Waals surface area contributed by atoms with E-state index in [1.54, 1.807) is 13.8 Å². The molecule has 0 spiro atoms. The number of anilines is 2. The van der Waals surface area contributed by atoms with Crippen LogP contribution in [0.3, 0.4) is 0 Å². The molecule has 1 aromatic carbocycles.